The summed E-state index contributed by atoms with van der Waals surface area (Å²) in [5, 5.41) is 3.47. The van der Waals surface area contributed by atoms with Crippen LogP contribution in [0.2, 0.25) is 0 Å². The molecule has 2 heteroatoms. The summed E-state index contributed by atoms with van der Waals surface area (Å²) in [6.45, 7) is 6.61. The maximum Gasteiger partial charge on any atom is 0.0168 e. The van der Waals surface area contributed by atoms with Crippen molar-refractivity contribution < 1.29 is 0 Å². The van der Waals surface area contributed by atoms with E-state index in [0.29, 0.717) is 0 Å². The fourth-order valence-corrected chi connectivity index (χ4v) is 2.19. The molecule has 0 aliphatic carbocycles. The molecule has 0 amide bonds. The van der Waals surface area contributed by atoms with E-state index in [1.165, 1.54) is 24.8 Å². The third-order valence-electron chi connectivity index (χ3n) is 3.44. The number of nitrogens with one attached hydrogen (secondary N) is 1. The first-order chi connectivity index (χ1) is 9.18. The predicted octanol–water partition coefficient (Wildman–Crippen LogP) is 3.36. The maximum absolute atomic E-state index is 6.12. The number of unbranched alkanes of at least 4 members (excludes halogenated alkanes) is 1. The minimum atomic E-state index is 0.269. The fraction of sp³-hybridized carbons (Fsp3) is 0.647. The van der Waals surface area contributed by atoms with Crippen molar-refractivity contribution in [3.05, 3.63) is 35.9 Å². The number of hydrogen-bond donors (Lipinski definition) is 2. The predicted molar refractivity (Wildman–Crippen MR) is 84.3 cm³/mol. The molecule has 0 aliphatic heterocycles. The van der Waals surface area contributed by atoms with Crippen molar-refractivity contribution in [1.82, 2.24) is 5.32 Å². The van der Waals surface area contributed by atoms with Crippen LogP contribution in [0.1, 0.15) is 45.1 Å². The Bertz CT molecular complexity index is 308. The highest BCUT2D eigenvalue weighted by atomic mass is 14.9. The Kier molecular flexibility index (Phi) is 8.52. The largest absolute Gasteiger partial charge is 0.327 e. The van der Waals surface area contributed by atoms with Gasteiger partial charge in [0.25, 0.3) is 0 Å². The standard InChI is InChI=1S/C17H30N2/c1-15(2)8-6-7-13-19-14-17(18)12-11-16-9-4-3-5-10-16/h3-5,9-10,15,17,19H,6-8,11-14,18H2,1-2H3. The zero-order chi connectivity index (χ0) is 13.9. The molecule has 0 aromatic heterocycles. The minimum absolute atomic E-state index is 0.269. The van der Waals surface area contributed by atoms with Crippen molar-refractivity contribution in [3.63, 3.8) is 0 Å². The molecule has 0 heterocycles. The first-order valence-corrected chi connectivity index (χ1v) is 7.68. The third kappa shape index (κ3) is 8.79. The average Bonchev–Trinajstić information content (AvgIpc) is 2.41. The molecule has 2 nitrogen and oxygen atoms in total. The normalized spacial score (nSPS) is 12.8. The van der Waals surface area contributed by atoms with Gasteiger partial charge in [-0.25, -0.2) is 0 Å². The van der Waals surface area contributed by atoms with E-state index in [-0.39, 0.29) is 6.04 Å². The number of aryl methyl sites for hydroxylation is 1. The molecule has 1 rings (SSSR count). The summed E-state index contributed by atoms with van der Waals surface area (Å²) in [6, 6.07) is 10.9. The number of hydrogen-bond acceptors (Lipinski definition) is 2. The fourth-order valence-electron chi connectivity index (χ4n) is 2.19. The van der Waals surface area contributed by atoms with Crippen LogP contribution < -0.4 is 11.1 Å². The van der Waals surface area contributed by atoms with Gasteiger partial charge in [0.15, 0.2) is 0 Å². The molecule has 0 spiro atoms. The Balaban J connectivity index is 1.98. The van der Waals surface area contributed by atoms with Gasteiger partial charge < -0.3 is 11.1 Å². The molecule has 1 atom stereocenters. The van der Waals surface area contributed by atoms with Crippen LogP contribution in [0, 0.1) is 5.92 Å². The van der Waals surface area contributed by atoms with Gasteiger partial charge >= 0.3 is 0 Å². The number of benzene rings is 1. The Morgan fingerprint density at radius 3 is 2.47 bits per heavy atom. The Labute approximate surface area is 118 Å². The quantitative estimate of drug-likeness (QED) is 0.635. The molecule has 19 heavy (non-hydrogen) atoms. The molecule has 1 unspecified atom stereocenters. The molecule has 0 saturated carbocycles. The molecule has 0 saturated heterocycles. The second-order valence-corrected chi connectivity index (χ2v) is 5.88. The zero-order valence-electron chi connectivity index (χ0n) is 12.6. The van der Waals surface area contributed by atoms with E-state index < -0.39 is 0 Å². The summed E-state index contributed by atoms with van der Waals surface area (Å²) in [4.78, 5) is 0. The van der Waals surface area contributed by atoms with E-state index >= 15 is 0 Å². The van der Waals surface area contributed by atoms with Gasteiger partial charge in [-0.1, -0.05) is 57.0 Å². The van der Waals surface area contributed by atoms with Gasteiger partial charge in [-0.05, 0) is 37.3 Å². The smallest absolute Gasteiger partial charge is 0.0168 e. The van der Waals surface area contributed by atoms with E-state index in [2.05, 4.69) is 49.5 Å². The molecule has 1 aromatic rings. The first kappa shape index (κ1) is 16.2. The molecule has 0 aliphatic rings. The van der Waals surface area contributed by atoms with Crippen molar-refractivity contribution >= 4 is 0 Å². The summed E-state index contributed by atoms with van der Waals surface area (Å²) >= 11 is 0. The summed E-state index contributed by atoms with van der Waals surface area (Å²) in [5.74, 6) is 0.827. The first-order valence-electron chi connectivity index (χ1n) is 7.68. The molecule has 0 bridgehead atoms. The highest BCUT2D eigenvalue weighted by Gasteiger charge is 2.02. The van der Waals surface area contributed by atoms with Gasteiger partial charge in [0.1, 0.15) is 0 Å². The van der Waals surface area contributed by atoms with Gasteiger partial charge in [-0.15, -0.1) is 0 Å². The Morgan fingerprint density at radius 2 is 1.79 bits per heavy atom. The second kappa shape index (κ2) is 9.99. The van der Waals surface area contributed by atoms with Crippen LogP contribution in [0.25, 0.3) is 0 Å². The monoisotopic (exact) mass is 262 g/mol. The SMILES string of the molecule is CC(C)CCCCNCC(N)CCc1ccccc1. The van der Waals surface area contributed by atoms with Crippen LogP contribution >= 0.6 is 0 Å². The second-order valence-electron chi connectivity index (χ2n) is 5.88. The van der Waals surface area contributed by atoms with Crippen molar-refractivity contribution in [2.24, 2.45) is 11.7 Å². The van der Waals surface area contributed by atoms with Crippen molar-refractivity contribution in [2.45, 2.75) is 52.0 Å². The van der Waals surface area contributed by atoms with Gasteiger partial charge in [-0.3, -0.25) is 0 Å². The molecule has 0 radical (unpaired) electrons. The minimum Gasteiger partial charge on any atom is -0.327 e. The lowest BCUT2D eigenvalue weighted by Gasteiger charge is -2.13. The summed E-state index contributed by atoms with van der Waals surface area (Å²) in [6.07, 6.45) is 6.06. The zero-order valence-corrected chi connectivity index (χ0v) is 12.6. The molecular weight excluding hydrogens is 232 g/mol. The van der Waals surface area contributed by atoms with Gasteiger partial charge in [0, 0.05) is 12.6 Å². The topological polar surface area (TPSA) is 38.0 Å². The van der Waals surface area contributed by atoms with E-state index in [1.54, 1.807) is 0 Å². The highest BCUT2D eigenvalue weighted by Crippen LogP contribution is 2.05. The van der Waals surface area contributed by atoms with Crippen molar-refractivity contribution in [3.8, 4) is 0 Å². The molecule has 108 valence electrons. The lowest BCUT2D eigenvalue weighted by Crippen LogP contribution is -2.34. The lowest BCUT2D eigenvalue weighted by atomic mass is 10.1. The van der Waals surface area contributed by atoms with Gasteiger partial charge in [0.2, 0.25) is 0 Å². The summed E-state index contributed by atoms with van der Waals surface area (Å²) in [5.41, 5.74) is 7.51. The average molecular weight is 262 g/mol. The molecular formula is C17H30N2. The third-order valence-corrected chi connectivity index (χ3v) is 3.44. The van der Waals surface area contributed by atoms with E-state index in [1.807, 2.05) is 0 Å². The maximum atomic E-state index is 6.12. The van der Waals surface area contributed by atoms with Gasteiger partial charge in [0.05, 0.1) is 0 Å². The van der Waals surface area contributed by atoms with Crippen LogP contribution in [0.15, 0.2) is 30.3 Å². The van der Waals surface area contributed by atoms with Crippen LogP contribution in [-0.4, -0.2) is 19.1 Å². The summed E-state index contributed by atoms with van der Waals surface area (Å²) in [7, 11) is 0. The van der Waals surface area contributed by atoms with E-state index in [0.717, 1.165) is 31.8 Å². The van der Waals surface area contributed by atoms with Crippen LogP contribution in [0.5, 0.6) is 0 Å². The van der Waals surface area contributed by atoms with E-state index in [9.17, 15) is 0 Å². The van der Waals surface area contributed by atoms with Crippen molar-refractivity contribution in [1.29, 1.82) is 0 Å². The van der Waals surface area contributed by atoms with Crippen LogP contribution in [-0.2, 0) is 6.42 Å². The van der Waals surface area contributed by atoms with Crippen LogP contribution in [0.4, 0.5) is 0 Å². The summed E-state index contributed by atoms with van der Waals surface area (Å²) < 4.78 is 0. The lowest BCUT2D eigenvalue weighted by molar-refractivity contribution is 0.499. The van der Waals surface area contributed by atoms with Gasteiger partial charge in [-0.2, -0.15) is 0 Å². The number of nitrogens with two attached hydrogens (primary N) is 1. The number of rotatable bonds is 10. The Hall–Kier alpha value is -0.860. The van der Waals surface area contributed by atoms with Crippen LogP contribution in [0.3, 0.4) is 0 Å². The Morgan fingerprint density at radius 1 is 1.05 bits per heavy atom. The molecule has 1 aromatic carbocycles. The highest BCUT2D eigenvalue weighted by molar-refractivity contribution is 5.14. The molecule has 3 N–H and O–H groups in total. The molecule has 0 fully saturated rings. The van der Waals surface area contributed by atoms with Crippen molar-refractivity contribution in [2.75, 3.05) is 13.1 Å². The van der Waals surface area contributed by atoms with E-state index in [4.69, 9.17) is 5.73 Å².